The third-order valence-electron chi connectivity index (χ3n) is 4.51. The number of esters is 1. The van der Waals surface area contributed by atoms with Gasteiger partial charge >= 0.3 is 5.97 Å². The van der Waals surface area contributed by atoms with Crippen molar-refractivity contribution in [1.82, 2.24) is 9.97 Å². The first-order valence-electron chi connectivity index (χ1n) is 6.78. The maximum Gasteiger partial charge on any atom is 0.313 e. The minimum absolute atomic E-state index is 0.0652. The SMILES string of the molecule is COC(=O)C12CCCC1CN(c1ncc(C)cn1)C2. The van der Waals surface area contributed by atoms with Crippen LogP contribution in [0, 0.1) is 18.3 Å². The largest absolute Gasteiger partial charge is 0.469 e. The fourth-order valence-electron chi connectivity index (χ4n) is 3.53. The predicted octanol–water partition coefficient (Wildman–Crippen LogP) is 1.56. The molecule has 2 atom stereocenters. The molecule has 1 aromatic rings. The molecule has 0 N–H and O–H groups in total. The van der Waals surface area contributed by atoms with E-state index >= 15 is 0 Å². The second-order valence-corrected chi connectivity index (χ2v) is 5.68. The van der Waals surface area contributed by atoms with E-state index in [0.717, 1.165) is 37.3 Å². The molecule has 5 nitrogen and oxygen atoms in total. The number of hydrogen-bond donors (Lipinski definition) is 0. The second-order valence-electron chi connectivity index (χ2n) is 5.68. The van der Waals surface area contributed by atoms with Crippen LogP contribution in [-0.4, -0.2) is 36.1 Å². The van der Waals surface area contributed by atoms with Crippen LogP contribution in [0.3, 0.4) is 0 Å². The Bertz CT molecular complexity index is 488. The molecule has 1 aromatic heterocycles. The van der Waals surface area contributed by atoms with Gasteiger partial charge in [-0.25, -0.2) is 9.97 Å². The maximum absolute atomic E-state index is 12.2. The molecule has 2 unspecified atom stereocenters. The van der Waals surface area contributed by atoms with Gasteiger partial charge in [-0.05, 0) is 31.2 Å². The Hall–Kier alpha value is -1.65. The maximum atomic E-state index is 12.2. The molecule has 0 aromatic carbocycles. The van der Waals surface area contributed by atoms with E-state index in [1.165, 1.54) is 7.11 Å². The molecule has 0 spiro atoms. The van der Waals surface area contributed by atoms with Crippen molar-refractivity contribution >= 4 is 11.9 Å². The van der Waals surface area contributed by atoms with Crippen LogP contribution in [-0.2, 0) is 9.53 Å². The van der Waals surface area contributed by atoms with Crippen LogP contribution in [0.15, 0.2) is 12.4 Å². The van der Waals surface area contributed by atoms with E-state index in [9.17, 15) is 4.79 Å². The molecule has 2 aliphatic rings. The summed E-state index contributed by atoms with van der Waals surface area (Å²) in [6.07, 6.45) is 6.77. The van der Waals surface area contributed by atoms with Crippen LogP contribution in [0.25, 0.3) is 0 Å². The zero-order valence-electron chi connectivity index (χ0n) is 11.4. The Morgan fingerprint density at radius 3 is 2.89 bits per heavy atom. The van der Waals surface area contributed by atoms with Crippen molar-refractivity contribution in [1.29, 1.82) is 0 Å². The van der Waals surface area contributed by atoms with Gasteiger partial charge < -0.3 is 9.64 Å². The number of rotatable bonds is 2. The molecule has 2 fully saturated rings. The molecular formula is C14H19N3O2. The molecule has 19 heavy (non-hydrogen) atoms. The number of aromatic nitrogens is 2. The quantitative estimate of drug-likeness (QED) is 0.756. The highest BCUT2D eigenvalue weighted by atomic mass is 16.5. The summed E-state index contributed by atoms with van der Waals surface area (Å²) in [7, 11) is 1.48. The monoisotopic (exact) mass is 261 g/mol. The van der Waals surface area contributed by atoms with Gasteiger partial charge in [0.1, 0.15) is 0 Å². The van der Waals surface area contributed by atoms with Crippen molar-refractivity contribution in [3.05, 3.63) is 18.0 Å². The smallest absolute Gasteiger partial charge is 0.313 e. The molecular weight excluding hydrogens is 242 g/mol. The highest BCUT2D eigenvalue weighted by molar-refractivity contribution is 5.79. The molecule has 0 radical (unpaired) electrons. The number of hydrogen-bond acceptors (Lipinski definition) is 5. The van der Waals surface area contributed by atoms with E-state index in [-0.39, 0.29) is 11.4 Å². The third-order valence-corrected chi connectivity index (χ3v) is 4.51. The summed E-state index contributed by atoms with van der Waals surface area (Å²) < 4.78 is 5.04. The van der Waals surface area contributed by atoms with Crippen LogP contribution >= 0.6 is 0 Å². The molecule has 102 valence electrons. The molecule has 1 saturated carbocycles. The van der Waals surface area contributed by atoms with Crippen molar-refractivity contribution in [2.45, 2.75) is 26.2 Å². The van der Waals surface area contributed by atoms with Crippen LogP contribution < -0.4 is 4.90 Å². The molecule has 0 amide bonds. The fraction of sp³-hybridized carbons (Fsp3) is 0.643. The lowest BCUT2D eigenvalue weighted by molar-refractivity contribution is -0.152. The van der Waals surface area contributed by atoms with Crippen molar-refractivity contribution < 1.29 is 9.53 Å². The molecule has 1 saturated heterocycles. The summed E-state index contributed by atoms with van der Waals surface area (Å²) in [5.74, 6) is 1.04. The molecule has 1 aliphatic heterocycles. The number of methoxy groups -OCH3 is 1. The topological polar surface area (TPSA) is 55.3 Å². The predicted molar refractivity (Wildman–Crippen MR) is 70.8 cm³/mol. The Balaban J connectivity index is 1.85. The minimum atomic E-state index is -0.330. The summed E-state index contributed by atoms with van der Waals surface area (Å²) in [5, 5.41) is 0. The first kappa shape index (κ1) is 12.4. The van der Waals surface area contributed by atoms with Gasteiger partial charge in [0.05, 0.1) is 12.5 Å². The van der Waals surface area contributed by atoms with Gasteiger partial charge in [0.15, 0.2) is 0 Å². The lowest BCUT2D eigenvalue weighted by Crippen LogP contribution is -2.37. The zero-order chi connectivity index (χ0) is 13.5. The van der Waals surface area contributed by atoms with E-state index in [1.54, 1.807) is 0 Å². The van der Waals surface area contributed by atoms with E-state index in [2.05, 4.69) is 14.9 Å². The van der Waals surface area contributed by atoms with Gasteiger partial charge in [0.2, 0.25) is 5.95 Å². The van der Waals surface area contributed by atoms with E-state index in [0.29, 0.717) is 12.5 Å². The van der Waals surface area contributed by atoms with Crippen molar-refractivity contribution in [3.63, 3.8) is 0 Å². The van der Waals surface area contributed by atoms with Crippen LogP contribution in [0.2, 0.25) is 0 Å². The normalized spacial score (nSPS) is 29.4. The summed E-state index contributed by atoms with van der Waals surface area (Å²) in [6, 6.07) is 0. The Morgan fingerprint density at radius 2 is 2.21 bits per heavy atom. The highest BCUT2D eigenvalue weighted by Crippen LogP contribution is 2.49. The van der Waals surface area contributed by atoms with Gasteiger partial charge in [0, 0.05) is 25.5 Å². The molecule has 3 rings (SSSR count). The minimum Gasteiger partial charge on any atom is -0.469 e. The van der Waals surface area contributed by atoms with Crippen LogP contribution in [0.1, 0.15) is 24.8 Å². The standard InChI is InChI=1S/C14H19N3O2/c1-10-6-15-13(16-7-10)17-8-11-4-3-5-14(11,9-17)12(18)19-2/h6-7,11H,3-5,8-9H2,1-2H3. The molecule has 1 aliphatic carbocycles. The molecule has 5 heteroatoms. The van der Waals surface area contributed by atoms with Crippen LogP contribution in [0.5, 0.6) is 0 Å². The van der Waals surface area contributed by atoms with Gasteiger partial charge in [0.25, 0.3) is 0 Å². The van der Waals surface area contributed by atoms with Crippen molar-refractivity contribution in [2.24, 2.45) is 11.3 Å². The molecule has 2 heterocycles. The number of fused-ring (bicyclic) bond motifs is 1. The summed E-state index contributed by atoms with van der Waals surface area (Å²) in [4.78, 5) is 23.0. The van der Waals surface area contributed by atoms with E-state index < -0.39 is 0 Å². The van der Waals surface area contributed by atoms with E-state index in [1.807, 2.05) is 19.3 Å². The zero-order valence-corrected chi connectivity index (χ0v) is 11.4. The van der Waals surface area contributed by atoms with Gasteiger partial charge in [-0.3, -0.25) is 4.79 Å². The van der Waals surface area contributed by atoms with Crippen molar-refractivity contribution in [3.8, 4) is 0 Å². The number of anilines is 1. The second kappa shape index (κ2) is 4.47. The fourth-order valence-corrected chi connectivity index (χ4v) is 3.53. The number of aryl methyl sites for hydroxylation is 1. The Kier molecular flexibility index (Phi) is 2.92. The third kappa shape index (κ3) is 1.88. The van der Waals surface area contributed by atoms with Gasteiger partial charge in [-0.2, -0.15) is 0 Å². The molecule has 0 bridgehead atoms. The first-order valence-corrected chi connectivity index (χ1v) is 6.78. The average molecular weight is 261 g/mol. The first-order chi connectivity index (χ1) is 9.15. The van der Waals surface area contributed by atoms with E-state index in [4.69, 9.17) is 4.74 Å². The summed E-state index contributed by atoms with van der Waals surface area (Å²) in [5.41, 5.74) is 0.717. The Morgan fingerprint density at radius 1 is 1.47 bits per heavy atom. The number of carbonyl (C=O) groups excluding carboxylic acids is 1. The number of carbonyl (C=O) groups is 1. The Labute approximate surface area is 113 Å². The number of nitrogens with zero attached hydrogens (tertiary/aromatic N) is 3. The highest BCUT2D eigenvalue weighted by Gasteiger charge is 2.55. The lowest BCUT2D eigenvalue weighted by Gasteiger charge is -2.25. The van der Waals surface area contributed by atoms with Gasteiger partial charge in [-0.1, -0.05) is 6.42 Å². The summed E-state index contributed by atoms with van der Waals surface area (Å²) in [6.45, 7) is 3.52. The number of ether oxygens (including phenoxy) is 1. The summed E-state index contributed by atoms with van der Waals surface area (Å²) >= 11 is 0. The van der Waals surface area contributed by atoms with Crippen LogP contribution in [0.4, 0.5) is 5.95 Å². The van der Waals surface area contributed by atoms with Gasteiger partial charge in [-0.15, -0.1) is 0 Å². The van der Waals surface area contributed by atoms with Crippen molar-refractivity contribution in [2.75, 3.05) is 25.1 Å². The lowest BCUT2D eigenvalue weighted by atomic mass is 9.81. The average Bonchev–Trinajstić information content (AvgIpc) is 2.96.